The van der Waals surface area contributed by atoms with Gasteiger partial charge in [0, 0.05) is 11.6 Å². The first-order valence-corrected chi connectivity index (χ1v) is 7.26. The number of aromatic nitrogens is 2. The van der Waals surface area contributed by atoms with E-state index < -0.39 is 18.4 Å². The van der Waals surface area contributed by atoms with Gasteiger partial charge >= 0.3 is 5.97 Å². The molecule has 0 radical (unpaired) electrons. The molecule has 128 valence electrons. The number of carboxylic acid groups (broad SMARTS) is 1. The lowest BCUT2D eigenvalue weighted by molar-refractivity contribution is -0.139. The molecule has 1 N–H and O–H groups in total. The highest BCUT2D eigenvalue weighted by Gasteiger charge is 2.11. The number of nitrogens with zero attached hydrogens (tertiary/aromatic N) is 2. The fourth-order valence-electron chi connectivity index (χ4n) is 1.98. The summed E-state index contributed by atoms with van der Waals surface area (Å²) in [6.45, 7) is -0.657. The minimum absolute atomic E-state index is 0.0331. The first-order chi connectivity index (χ1) is 12.1. The average molecular weight is 344 g/mol. The second-order valence-electron chi connectivity index (χ2n) is 4.93. The van der Waals surface area contributed by atoms with Crippen LogP contribution in [0.25, 0.3) is 11.5 Å². The summed E-state index contributed by atoms with van der Waals surface area (Å²) in [6, 6.07) is 13.1. The van der Waals surface area contributed by atoms with Gasteiger partial charge in [-0.15, -0.1) is 10.2 Å². The van der Waals surface area contributed by atoms with Crippen molar-refractivity contribution >= 4 is 5.97 Å². The van der Waals surface area contributed by atoms with Crippen LogP contribution in [-0.4, -0.2) is 27.9 Å². The Kier molecular flexibility index (Phi) is 4.89. The molecule has 1 aromatic heterocycles. The van der Waals surface area contributed by atoms with Gasteiger partial charge in [0.25, 0.3) is 5.89 Å². The molecule has 8 heteroatoms. The maximum Gasteiger partial charge on any atom is 0.341 e. The van der Waals surface area contributed by atoms with Gasteiger partial charge in [-0.2, -0.15) is 0 Å². The van der Waals surface area contributed by atoms with Crippen LogP contribution in [0, 0.1) is 5.82 Å². The van der Waals surface area contributed by atoms with Crippen LogP contribution in [0.2, 0.25) is 0 Å². The van der Waals surface area contributed by atoms with Crippen LogP contribution in [0.5, 0.6) is 11.5 Å². The van der Waals surface area contributed by atoms with Crippen molar-refractivity contribution in [3.63, 3.8) is 0 Å². The third-order valence-corrected chi connectivity index (χ3v) is 3.10. The van der Waals surface area contributed by atoms with Crippen molar-refractivity contribution < 1.29 is 28.2 Å². The second-order valence-corrected chi connectivity index (χ2v) is 4.93. The predicted molar refractivity (Wildman–Crippen MR) is 83.6 cm³/mol. The third kappa shape index (κ3) is 4.31. The fraction of sp³-hybridized carbons (Fsp3) is 0.118. The van der Waals surface area contributed by atoms with Crippen molar-refractivity contribution in [1.29, 1.82) is 0 Å². The molecule has 0 bridgehead atoms. The van der Waals surface area contributed by atoms with Crippen LogP contribution in [0.4, 0.5) is 4.39 Å². The largest absolute Gasteiger partial charge is 0.484 e. The van der Waals surface area contributed by atoms with E-state index in [1.54, 1.807) is 0 Å². The molecule has 0 unspecified atom stereocenters. The second kappa shape index (κ2) is 7.43. The molecule has 0 spiro atoms. The van der Waals surface area contributed by atoms with Gasteiger partial charge in [-0.3, -0.25) is 0 Å². The summed E-state index contributed by atoms with van der Waals surface area (Å²) in [5, 5.41) is 16.3. The maximum atomic E-state index is 13.8. The summed E-state index contributed by atoms with van der Waals surface area (Å²) in [5.74, 6) is -1.26. The third-order valence-electron chi connectivity index (χ3n) is 3.10. The fourth-order valence-corrected chi connectivity index (χ4v) is 1.98. The molecule has 0 aliphatic heterocycles. The highest BCUT2D eigenvalue weighted by atomic mass is 19.1. The van der Waals surface area contributed by atoms with E-state index in [4.69, 9.17) is 19.0 Å². The minimum atomic E-state index is -1.19. The first-order valence-electron chi connectivity index (χ1n) is 7.26. The lowest BCUT2D eigenvalue weighted by Crippen LogP contribution is -2.10. The van der Waals surface area contributed by atoms with E-state index in [-0.39, 0.29) is 24.0 Å². The molecule has 0 aliphatic rings. The quantitative estimate of drug-likeness (QED) is 0.704. The first kappa shape index (κ1) is 16.4. The van der Waals surface area contributed by atoms with Gasteiger partial charge < -0.3 is 19.0 Å². The van der Waals surface area contributed by atoms with Crippen molar-refractivity contribution in [3.8, 4) is 23.0 Å². The van der Waals surface area contributed by atoms with Crippen LogP contribution >= 0.6 is 0 Å². The minimum Gasteiger partial charge on any atom is -0.484 e. The van der Waals surface area contributed by atoms with E-state index in [2.05, 4.69) is 10.2 Å². The molecule has 3 rings (SSSR count). The molecule has 1 heterocycles. The van der Waals surface area contributed by atoms with E-state index >= 15 is 0 Å². The highest BCUT2D eigenvalue weighted by Crippen LogP contribution is 2.24. The molecule has 0 amide bonds. The Bertz CT molecular complexity index is 866. The number of aliphatic carboxylic acids is 1. The highest BCUT2D eigenvalue weighted by molar-refractivity contribution is 5.68. The van der Waals surface area contributed by atoms with Gasteiger partial charge in [0.05, 0.1) is 0 Å². The van der Waals surface area contributed by atoms with Crippen molar-refractivity contribution in [2.75, 3.05) is 6.61 Å². The van der Waals surface area contributed by atoms with Gasteiger partial charge in [0.15, 0.2) is 24.8 Å². The van der Waals surface area contributed by atoms with Gasteiger partial charge in [-0.05, 0) is 24.3 Å². The van der Waals surface area contributed by atoms with Crippen molar-refractivity contribution in [3.05, 3.63) is 60.2 Å². The number of carboxylic acids is 1. The molecule has 0 fully saturated rings. The normalized spacial score (nSPS) is 10.4. The Labute approximate surface area is 141 Å². The molecule has 0 saturated carbocycles. The van der Waals surface area contributed by atoms with Gasteiger partial charge in [0.2, 0.25) is 5.89 Å². The molecule has 25 heavy (non-hydrogen) atoms. The summed E-state index contributed by atoms with van der Waals surface area (Å²) in [5.41, 5.74) is 0.784. The molecule has 0 saturated heterocycles. The lowest BCUT2D eigenvalue weighted by atomic mass is 10.2. The lowest BCUT2D eigenvalue weighted by Gasteiger charge is -2.07. The predicted octanol–water partition coefficient (Wildman–Crippen LogP) is 2.92. The summed E-state index contributed by atoms with van der Waals surface area (Å²) in [6.07, 6.45) is 0. The molecular weight excluding hydrogens is 331 g/mol. The monoisotopic (exact) mass is 344 g/mol. The Morgan fingerprint density at radius 2 is 1.92 bits per heavy atom. The average Bonchev–Trinajstić information content (AvgIpc) is 3.09. The number of ether oxygens (including phenoxy) is 2. The standard InChI is InChI=1S/C17H13FN2O5/c18-13-8-12(6-7-14(13)24-10-16(21)22)23-9-15-19-20-17(25-15)11-4-2-1-3-5-11/h1-8H,9-10H2,(H,21,22). The van der Waals surface area contributed by atoms with E-state index in [1.807, 2.05) is 30.3 Å². The summed E-state index contributed by atoms with van der Waals surface area (Å²) in [4.78, 5) is 10.4. The Morgan fingerprint density at radius 3 is 2.64 bits per heavy atom. The van der Waals surface area contributed by atoms with Crippen molar-refractivity contribution in [2.24, 2.45) is 0 Å². The topological polar surface area (TPSA) is 94.7 Å². The van der Waals surface area contributed by atoms with Crippen LogP contribution < -0.4 is 9.47 Å². The number of hydrogen-bond donors (Lipinski definition) is 1. The van der Waals surface area contributed by atoms with Gasteiger partial charge in [0.1, 0.15) is 5.75 Å². The summed E-state index contributed by atoms with van der Waals surface area (Å²) < 4.78 is 29.5. The van der Waals surface area contributed by atoms with Crippen molar-refractivity contribution in [2.45, 2.75) is 6.61 Å². The number of rotatable bonds is 7. The van der Waals surface area contributed by atoms with E-state index in [9.17, 15) is 9.18 Å². The zero-order valence-electron chi connectivity index (χ0n) is 12.9. The van der Waals surface area contributed by atoms with Crippen LogP contribution in [0.3, 0.4) is 0 Å². The molecule has 3 aromatic rings. The zero-order chi connectivity index (χ0) is 17.6. The van der Waals surface area contributed by atoms with Crippen LogP contribution in [0.1, 0.15) is 5.89 Å². The van der Waals surface area contributed by atoms with Crippen LogP contribution in [-0.2, 0) is 11.4 Å². The Balaban J connectivity index is 1.61. The summed E-state index contributed by atoms with van der Waals surface area (Å²) >= 11 is 0. The zero-order valence-corrected chi connectivity index (χ0v) is 12.9. The molecular formula is C17H13FN2O5. The molecule has 0 aliphatic carbocycles. The van der Waals surface area contributed by atoms with E-state index in [0.717, 1.165) is 11.6 Å². The van der Waals surface area contributed by atoms with Crippen molar-refractivity contribution in [1.82, 2.24) is 10.2 Å². The molecule has 7 nitrogen and oxygen atoms in total. The smallest absolute Gasteiger partial charge is 0.341 e. The number of carbonyl (C=O) groups is 1. The SMILES string of the molecule is O=C(O)COc1ccc(OCc2nnc(-c3ccccc3)o2)cc1F. The maximum absolute atomic E-state index is 13.8. The van der Waals surface area contributed by atoms with Gasteiger partial charge in [-0.25, -0.2) is 9.18 Å². The van der Waals surface area contributed by atoms with Crippen LogP contribution in [0.15, 0.2) is 52.9 Å². The van der Waals surface area contributed by atoms with E-state index in [1.165, 1.54) is 12.1 Å². The molecule has 0 atom stereocenters. The number of halogens is 1. The number of benzene rings is 2. The Morgan fingerprint density at radius 1 is 1.12 bits per heavy atom. The Hall–Kier alpha value is -3.42. The van der Waals surface area contributed by atoms with Gasteiger partial charge in [-0.1, -0.05) is 18.2 Å². The van der Waals surface area contributed by atoms with E-state index in [0.29, 0.717) is 5.89 Å². The number of hydrogen-bond acceptors (Lipinski definition) is 6. The summed E-state index contributed by atoms with van der Waals surface area (Å²) in [7, 11) is 0. The molecule has 2 aromatic carbocycles.